The Kier molecular flexibility index (Phi) is 8.05. The van der Waals surface area contributed by atoms with Gasteiger partial charge in [0.15, 0.2) is 0 Å². The van der Waals surface area contributed by atoms with Crippen molar-refractivity contribution >= 4 is 18.1 Å². The van der Waals surface area contributed by atoms with Crippen LogP contribution < -0.4 is 9.47 Å². The van der Waals surface area contributed by atoms with Crippen LogP contribution >= 0.6 is 0 Å². The maximum atomic E-state index is 12.0. The number of unbranched alkanes of at least 4 members (excludes halogenated alkanes) is 1. The van der Waals surface area contributed by atoms with Gasteiger partial charge in [-0.15, -0.1) is 0 Å². The van der Waals surface area contributed by atoms with E-state index in [9.17, 15) is 4.79 Å². The van der Waals surface area contributed by atoms with Gasteiger partial charge in [-0.1, -0.05) is 37.6 Å². The Morgan fingerprint density at radius 2 is 1.57 bits per heavy atom. The highest BCUT2D eigenvalue weighted by Crippen LogP contribution is 2.16. The van der Waals surface area contributed by atoms with Crippen molar-refractivity contribution in [3.63, 3.8) is 0 Å². The Labute approximate surface area is 164 Å². The summed E-state index contributed by atoms with van der Waals surface area (Å²) in [5, 5.41) is 17.5. The minimum absolute atomic E-state index is 0.00876. The van der Waals surface area contributed by atoms with Crippen molar-refractivity contribution in [2.24, 2.45) is 0 Å². The fraction of sp³-hybridized carbons (Fsp3) is 0.174. The van der Waals surface area contributed by atoms with Gasteiger partial charge in [0.1, 0.15) is 29.2 Å². The van der Waals surface area contributed by atoms with Gasteiger partial charge in [-0.25, -0.2) is 4.79 Å². The van der Waals surface area contributed by atoms with Gasteiger partial charge in [0.2, 0.25) is 0 Å². The molecule has 0 fully saturated rings. The van der Waals surface area contributed by atoms with E-state index in [1.54, 1.807) is 42.5 Å². The summed E-state index contributed by atoms with van der Waals surface area (Å²) < 4.78 is 10.8. The first-order chi connectivity index (χ1) is 13.6. The number of rotatable bonds is 8. The third-order valence-corrected chi connectivity index (χ3v) is 3.71. The molecule has 2 aromatic rings. The summed E-state index contributed by atoms with van der Waals surface area (Å²) in [6.07, 6.45) is 6.58. The number of carbonyl (C=O) groups is 1. The van der Waals surface area contributed by atoms with Crippen LogP contribution in [0.2, 0.25) is 0 Å². The molecule has 0 radical (unpaired) electrons. The third kappa shape index (κ3) is 6.82. The van der Waals surface area contributed by atoms with Gasteiger partial charge in [0.05, 0.1) is 6.61 Å². The lowest BCUT2D eigenvalue weighted by Gasteiger charge is -2.05. The van der Waals surface area contributed by atoms with Crippen molar-refractivity contribution in [1.29, 1.82) is 10.5 Å². The highest BCUT2D eigenvalue weighted by Gasteiger charge is 2.01. The second-order valence-electron chi connectivity index (χ2n) is 5.88. The quantitative estimate of drug-likeness (QED) is 0.216. The maximum absolute atomic E-state index is 12.0. The molecule has 0 aliphatic rings. The maximum Gasteiger partial charge on any atom is 0.336 e. The Hall–Kier alpha value is -3.83. The summed E-state index contributed by atoms with van der Waals surface area (Å²) in [5.74, 6) is 0.682. The van der Waals surface area contributed by atoms with Gasteiger partial charge in [-0.3, -0.25) is 0 Å². The molecule has 0 heterocycles. The van der Waals surface area contributed by atoms with Crippen molar-refractivity contribution in [3.05, 3.63) is 71.3 Å². The Bertz CT molecular complexity index is 912. The van der Waals surface area contributed by atoms with Crippen LogP contribution in [0, 0.1) is 22.7 Å². The molecule has 28 heavy (non-hydrogen) atoms. The third-order valence-electron chi connectivity index (χ3n) is 3.71. The molecular weight excluding hydrogens is 352 g/mol. The number of hydrogen-bond acceptors (Lipinski definition) is 5. The van der Waals surface area contributed by atoms with Gasteiger partial charge in [-0.05, 0) is 54.0 Å². The zero-order valence-corrected chi connectivity index (χ0v) is 15.6. The fourth-order valence-corrected chi connectivity index (χ4v) is 2.21. The first-order valence-corrected chi connectivity index (χ1v) is 8.89. The average Bonchev–Trinajstić information content (AvgIpc) is 2.73. The summed E-state index contributed by atoms with van der Waals surface area (Å²) in [6.45, 7) is 2.81. The SMILES string of the molecule is CCCCOc1ccc(/C=C/C(=O)Oc2ccc(C=C(C#N)C#N)cc2)cc1. The number of ether oxygens (including phenoxy) is 2. The molecule has 0 N–H and O–H groups in total. The fourth-order valence-electron chi connectivity index (χ4n) is 2.21. The van der Waals surface area contributed by atoms with E-state index in [2.05, 4.69) is 6.92 Å². The standard InChI is InChI=1S/C23H20N2O3/c1-2-3-14-27-21-9-4-18(5-10-21)8-13-23(26)28-22-11-6-19(7-12-22)15-20(16-24)17-25/h4-13,15H,2-3,14H2,1H3/b13-8+. The Morgan fingerprint density at radius 3 is 2.18 bits per heavy atom. The molecule has 0 aliphatic heterocycles. The van der Waals surface area contributed by atoms with E-state index >= 15 is 0 Å². The highest BCUT2D eigenvalue weighted by molar-refractivity contribution is 5.88. The molecule has 0 unspecified atom stereocenters. The second-order valence-corrected chi connectivity index (χ2v) is 5.88. The first-order valence-electron chi connectivity index (χ1n) is 8.89. The smallest absolute Gasteiger partial charge is 0.336 e. The van der Waals surface area contributed by atoms with Crippen LogP contribution in [-0.2, 0) is 4.79 Å². The lowest BCUT2D eigenvalue weighted by molar-refractivity contribution is -0.128. The van der Waals surface area contributed by atoms with Gasteiger partial charge < -0.3 is 9.47 Å². The molecule has 5 nitrogen and oxygen atoms in total. The largest absolute Gasteiger partial charge is 0.494 e. The van der Waals surface area contributed by atoms with E-state index < -0.39 is 5.97 Å². The number of hydrogen-bond donors (Lipinski definition) is 0. The predicted molar refractivity (Wildman–Crippen MR) is 107 cm³/mol. The van der Waals surface area contributed by atoms with Gasteiger partial charge >= 0.3 is 5.97 Å². The van der Waals surface area contributed by atoms with Gasteiger partial charge in [0.25, 0.3) is 0 Å². The number of nitrogens with zero attached hydrogens (tertiary/aromatic N) is 2. The number of benzene rings is 2. The molecule has 5 heteroatoms. The van der Waals surface area contributed by atoms with Crippen LogP contribution in [0.1, 0.15) is 30.9 Å². The number of carbonyl (C=O) groups excluding carboxylic acids is 1. The van der Waals surface area contributed by atoms with E-state index in [1.807, 2.05) is 24.3 Å². The zero-order chi connectivity index (χ0) is 20.2. The van der Waals surface area contributed by atoms with E-state index in [0.29, 0.717) is 17.9 Å². The second kappa shape index (κ2) is 11.0. The van der Waals surface area contributed by atoms with E-state index in [4.69, 9.17) is 20.0 Å². The molecule has 2 aromatic carbocycles. The number of nitriles is 2. The van der Waals surface area contributed by atoms with E-state index in [1.165, 1.54) is 12.2 Å². The lowest BCUT2D eigenvalue weighted by atomic mass is 10.1. The molecule has 0 aliphatic carbocycles. The van der Waals surface area contributed by atoms with Crippen LogP contribution in [0.15, 0.2) is 60.2 Å². The summed E-state index contributed by atoms with van der Waals surface area (Å²) in [6, 6.07) is 17.6. The monoisotopic (exact) mass is 372 g/mol. The number of esters is 1. The van der Waals surface area contributed by atoms with Crippen LogP contribution in [0.3, 0.4) is 0 Å². The Balaban J connectivity index is 1.90. The summed E-state index contributed by atoms with van der Waals surface area (Å²) in [5.41, 5.74) is 1.55. The normalized spacial score (nSPS) is 9.96. The van der Waals surface area contributed by atoms with Crippen molar-refractivity contribution in [2.75, 3.05) is 6.61 Å². The molecule has 0 saturated carbocycles. The zero-order valence-electron chi connectivity index (χ0n) is 15.6. The van der Waals surface area contributed by atoms with E-state index in [0.717, 1.165) is 24.2 Å². The van der Waals surface area contributed by atoms with Gasteiger partial charge in [0, 0.05) is 6.08 Å². The van der Waals surface area contributed by atoms with Crippen LogP contribution in [0.5, 0.6) is 11.5 Å². The molecule has 0 aromatic heterocycles. The minimum Gasteiger partial charge on any atom is -0.494 e. The topological polar surface area (TPSA) is 83.1 Å². The molecular formula is C23H20N2O3. The van der Waals surface area contributed by atoms with Crippen LogP contribution in [0.4, 0.5) is 0 Å². The summed E-state index contributed by atoms with van der Waals surface area (Å²) in [4.78, 5) is 12.0. The molecule has 0 atom stereocenters. The van der Waals surface area contributed by atoms with Crippen molar-refractivity contribution in [2.45, 2.75) is 19.8 Å². The lowest BCUT2D eigenvalue weighted by Crippen LogP contribution is -2.03. The summed E-state index contributed by atoms with van der Waals surface area (Å²) >= 11 is 0. The average molecular weight is 372 g/mol. The van der Waals surface area contributed by atoms with Crippen LogP contribution in [0.25, 0.3) is 12.2 Å². The molecule has 0 spiro atoms. The van der Waals surface area contributed by atoms with Crippen LogP contribution in [-0.4, -0.2) is 12.6 Å². The van der Waals surface area contributed by atoms with E-state index in [-0.39, 0.29) is 5.57 Å². The highest BCUT2D eigenvalue weighted by atomic mass is 16.5. The molecule has 2 rings (SSSR count). The molecule has 0 bridgehead atoms. The molecule has 0 amide bonds. The van der Waals surface area contributed by atoms with Crippen molar-refractivity contribution in [3.8, 4) is 23.6 Å². The summed E-state index contributed by atoms with van der Waals surface area (Å²) in [7, 11) is 0. The van der Waals surface area contributed by atoms with Crippen molar-refractivity contribution < 1.29 is 14.3 Å². The Morgan fingerprint density at radius 1 is 0.964 bits per heavy atom. The first kappa shape index (κ1) is 20.5. The minimum atomic E-state index is -0.499. The van der Waals surface area contributed by atoms with Gasteiger partial charge in [-0.2, -0.15) is 10.5 Å². The van der Waals surface area contributed by atoms with Crippen molar-refractivity contribution in [1.82, 2.24) is 0 Å². The molecule has 0 saturated heterocycles. The number of allylic oxidation sites excluding steroid dienone is 1. The molecule has 140 valence electrons. The predicted octanol–water partition coefficient (Wildman–Crippen LogP) is 4.91.